The van der Waals surface area contributed by atoms with Crippen LogP contribution in [-0.4, -0.2) is 49.8 Å². The molecule has 0 spiro atoms. The van der Waals surface area contributed by atoms with Crippen molar-refractivity contribution >= 4 is 5.91 Å². The summed E-state index contributed by atoms with van der Waals surface area (Å²) in [5.74, 6) is 1.42. The van der Waals surface area contributed by atoms with Gasteiger partial charge in [0.2, 0.25) is 0 Å². The van der Waals surface area contributed by atoms with Gasteiger partial charge in [-0.3, -0.25) is 9.48 Å². The average Bonchev–Trinajstić information content (AvgIpc) is 3.51. The van der Waals surface area contributed by atoms with Crippen LogP contribution in [0.25, 0.3) is 11.3 Å². The fourth-order valence-electron chi connectivity index (χ4n) is 5.61. The Kier molecular flexibility index (Phi) is 8.27. The molecule has 7 heteroatoms. The Morgan fingerprint density at radius 3 is 2.44 bits per heavy atom. The monoisotopic (exact) mass is 524 g/mol. The van der Waals surface area contributed by atoms with Crippen molar-refractivity contribution in [3.8, 4) is 11.3 Å². The quantitative estimate of drug-likeness (QED) is 0.315. The molecule has 7 nitrogen and oxygen atoms in total. The summed E-state index contributed by atoms with van der Waals surface area (Å²) < 4.78 is 4.02. The maximum absolute atomic E-state index is 14.2. The molecule has 39 heavy (non-hydrogen) atoms. The first-order chi connectivity index (χ1) is 18.9. The summed E-state index contributed by atoms with van der Waals surface area (Å²) >= 11 is 0. The van der Waals surface area contributed by atoms with Gasteiger partial charge in [-0.15, -0.1) is 0 Å². The van der Waals surface area contributed by atoms with Crippen molar-refractivity contribution in [2.24, 2.45) is 18.9 Å². The molecule has 1 unspecified atom stereocenters. The number of imidazole rings is 1. The van der Waals surface area contributed by atoms with Crippen LogP contribution in [0, 0.1) is 18.8 Å². The molecule has 2 atom stereocenters. The normalized spacial score (nSPS) is 16.4. The van der Waals surface area contributed by atoms with Crippen molar-refractivity contribution in [2.75, 3.05) is 19.6 Å². The van der Waals surface area contributed by atoms with Gasteiger partial charge in [0.15, 0.2) is 5.69 Å². The fraction of sp³-hybridized carbons (Fsp3) is 0.406. The summed E-state index contributed by atoms with van der Waals surface area (Å²) in [4.78, 5) is 21.5. The highest BCUT2D eigenvalue weighted by atomic mass is 16.2. The van der Waals surface area contributed by atoms with Crippen LogP contribution in [-0.2, 0) is 13.6 Å². The van der Waals surface area contributed by atoms with Gasteiger partial charge in [-0.2, -0.15) is 5.10 Å². The number of hydrogen-bond acceptors (Lipinski definition) is 4. The lowest BCUT2D eigenvalue weighted by Crippen LogP contribution is -2.45. The topological polar surface area (TPSA) is 68.0 Å². The molecule has 1 N–H and O–H groups in total. The second-order valence-corrected chi connectivity index (χ2v) is 11.1. The second-order valence-electron chi connectivity index (χ2n) is 11.1. The standard InChI is InChI=1S/C32H40N6O/c1-23(2)30(38(21-26-14-11-17-33-19-26)32(39)28-18-24(3)36(4)35-28)31-34-29(27-15-9-6-10-16-27)22-37(31)20-25-12-7-5-8-13-25/h5-10,12-13,15-16,18,22-23,26,30,33H,11,14,17,19-21H2,1-4H3/t26?,30-/m1/s1. The number of aryl methyl sites for hydroxylation is 2. The number of aromatic nitrogens is 4. The van der Waals surface area contributed by atoms with Gasteiger partial charge in [-0.1, -0.05) is 74.5 Å². The van der Waals surface area contributed by atoms with Crippen molar-refractivity contribution in [3.05, 3.63) is 95.7 Å². The van der Waals surface area contributed by atoms with Gasteiger partial charge in [0, 0.05) is 37.6 Å². The van der Waals surface area contributed by atoms with Crippen LogP contribution in [0.2, 0.25) is 0 Å². The van der Waals surface area contributed by atoms with E-state index in [-0.39, 0.29) is 17.9 Å². The number of rotatable bonds is 9. The van der Waals surface area contributed by atoms with Crippen molar-refractivity contribution in [2.45, 2.75) is 46.2 Å². The van der Waals surface area contributed by atoms with E-state index in [4.69, 9.17) is 4.98 Å². The molecule has 2 aromatic carbocycles. The Balaban J connectivity index is 1.60. The first kappa shape index (κ1) is 26.9. The molecule has 3 heterocycles. The SMILES string of the molecule is Cc1cc(C(=O)N(CC2CCCNC2)[C@@H](c2nc(-c3ccccc3)cn2Cc2ccccc2)C(C)C)nn1C. The van der Waals surface area contributed by atoms with Crippen LogP contribution in [0.4, 0.5) is 0 Å². The summed E-state index contributed by atoms with van der Waals surface area (Å²) in [6.07, 6.45) is 4.38. The lowest BCUT2D eigenvalue weighted by atomic mass is 9.95. The predicted molar refractivity (Wildman–Crippen MR) is 155 cm³/mol. The van der Waals surface area contributed by atoms with Crippen LogP contribution in [0.1, 0.15) is 60.3 Å². The van der Waals surface area contributed by atoms with Gasteiger partial charge in [0.05, 0.1) is 11.7 Å². The van der Waals surface area contributed by atoms with E-state index in [1.54, 1.807) is 4.68 Å². The third kappa shape index (κ3) is 6.14. The highest BCUT2D eigenvalue weighted by molar-refractivity contribution is 5.92. The Bertz CT molecular complexity index is 1350. The average molecular weight is 525 g/mol. The van der Waals surface area contributed by atoms with E-state index in [2.05, 4.69) is 76.3 Å². The molecule has 0 radical (unpaired) electrons. The minimum atomic E-state index is -0.206. The van der Waals surface area contributed by atoms with Crippen LogP contribution in [0.3, 0.4) is 0 Å². The smallest absolute Gasteiger partial charge is 0.275 e. The molecule has 5 rings (SSSR count). The highest BCUT2D eigenvalue weighted by Gasteiger charge is 2.35. The summed E-state index contributed by atoms with van der Waals surface area (Å²) in [5.41, 5.74) is 4.66. The van der Waals surface area contributed by atoms with Gasteiger partial charge < -0.3 is 14.8 Å². The molecule has 1 amide bonds. The molecule has 0 bridgehead atoms. The summed E-state index contributed by atoms with van der Waals surface area (Å²) in [6, 6.07) is 22.5. The van der Waals surface area contributed by atoms with Crippen LogP contribution in [0.15, 0.2) is 72.9 Å². The predicted octanol–water partition coefficient (Wildman–Crippen LogP) is 5.48. The fourth-order valence-corrected chi connectivity index (χ4v) is 5.61. The number of amides is 1. The third-order valence-corrected chi connectivity index (χ3v) is 7.75. The van der Waals surface area contributed by atoms with Crippen molar-refractivity contribution in [1.82, 2.24) is 29.5 Å². The number of nitrogens with zero attached hydrogens (tertiary/aromatic N) is 5. The Morgan fingerprint density at radius 2 is 1.82 bits per heavy atom. The van der Waals surface area contributed by atoms with E-state index < -0.39 is 0 Å². The number of benzene rings is 2. The molecule has 0 saturated carbocycles. The third-order valence-electron chi connectivity index (χ3n) is 7.75. The Hall–Kier alpha value is -3.71. The maximum atomic E-state index is 14.2. The minimum Gasteiger partial charge on any atom is -0.328 e. The molecule has 2 aromatic heterocycles. The Labute approximate surface area is 231 Å². The molecule has 4 aromatic rings. The summed E-state index contributed by atoms with van der Waals surface area (Å²) in [7, 11) is 1.89. The number of carbonyl (C=O) groups is 1. The van der Waals surface area contributed by atoms with Gasteiger partial charge in [-0.25, -0.2) is 4.98 Å². The van der Waals surface area contributed by atoms with E-state index in [1.807, 2.05) is 44.3 Å². The van der Waals surface area contributed by atoms with Crippen LogP contribution < -0.4 is 5.32 Å². The first-order valence-corrected chi connectivity index (χ1v) is 14.1. The molecule has 0 aliphatic carbocycles. The van der Waals surface area contributed by atoms with Gasteiger partial charge in [0.25, 0.3) is 5.91 Å². The molecule has 1 aliphatic heterocycles. The number of hydrogen-bond donors (Lipinski definition) is 1. The van der Waals surface area contributed by atoms with Crippen molar-refractivity contribution in [3.63, 3.8) is 0 Å². The summed E-state index contributed by atoms with van der Waals surface area (Å²) in [5, 5.41) is 8.12. The van der Waals surface area contributed by atoms with E-state index in [0.717, 1.165) is 48.7 Å². The number of carbonyl (C=O) groups excluding carboxylic acids is 1. The zero-order chi connectivity index (χ0) is 27.4. The van der Waals surface area contributed by atoms with E-state index in [1.165, 1.54) is 5.56 Å². The molecule has 1 aliphatic rings. The maximum Gasteiger partial charge on any atom is 0.275 e. The van der Waals surface area contributed by atoms with Crippen molar-refractivity contribution < 1.29 is 4.79 Å². The molecule has 1 saturated heterocycles. The molecular formula is C32H40N6O. The van der Waals surface area contributed by atoms with E-state index in [0.29, 0.717) is 24.7 Å². The lowest BCUT2D eigenvalue weighted by molar-refractivity contribution is 0.0540. The minimum absolute atomic E-state index is 0.0292. The van der Waals surface area contributed by atoms with Gasteiger partial charge >= 0.3 is 0 Å². The second kappa shape index (κ2) is 12.0. The lowest BCUT2D eigenvalue weighted by Gasteiger charge is -2.37. The molecular weight excluding hydrogens is 484 g/mol. The zero-order valence-corrected chi connectivity index (χ0v) is 23.5. The van der Waals surface area contributed by atoms with Gasteiger partial charge in [0.1, 0.15) is 5.82 Å². The summed E-state index contributed by atoms with van der Waals surface area (Å²) in [6.45, 7) is 9.69. The zero-order valence-electron chi connectivity index (χ0n) is 23.5. The van der Waals surface area contributed by atoms with E-state index >= 15 is 0 Å². The first-order valence-electron chi connectivity index (χ1n) is 14.1. The number of nitrogens with one attached hydrogen (secondary N) is 1. The van der Waals surface area contributed by atoms with Crippen molar-refractivity contribution in [1.29, 1.82) is 0 Å². The highest BCUT2D eigenvalue weighted by Crippen LogP contribution is 2.33. The Morgan fingerprint density at radius 1 is 1.10 bits per heavy atom. The van der Waals surface area contributed by atoms with Crippen LogP contribution >= 0.6 is 0 Å². The molecule has 1 fully saturated rings. The van der Waals surface area contributed by atoms with E-state index in [9.17, 15) is 4.79 Å². The largest absolute Gasteiger partial charge is 0.328 e. The van der Waals surface area contributed by atoms with Gasteiger partial charge in [-0.05, 0) is 56.3 Å². The molecule has 204 valence electrons. The number of piperidine rings is 1. The van der Waals surface area contributed by atoms with Crippen LogP contribution in [0.5, 0.6) is 0 Å².